The average molecular weight is 296 g/mol. The molecule has 5 heteroatoms. The number of rotatable bonds is 13. The van der Waals surface area contributed by atoms with Crippen LogP contribution in [0.15, 0.2) is 24.3 Å². The summed E-state index contributed by atoms with van der Waals surface area (Å²) in [6.45, 7) is 7.31. The Hall–Kier alpha value is -1.14. The van der Waals surface area contributed by atoms with Gasteiger partial charge in [-0.05, 0) is 25.5 Å². The van der Waals surface area contributed by atoms with E-state index in [-0.39, 0.29) is 0 Å². The Kier molecular flexibility index (Phi) is 10.7. The topological polar surface area (TPSA) is 65.7 Å². The van der Waals surface area contributed by atoms with E-state index in [1.165, 1.54) is 5.56 Å². The first-order chi connectivity index (χ1) is 10.3. The zero-order chi connectivity index (χ0) is 15.2. The Bertz CT molecular complexity index is 344. The van der Waals surface area contributed by atoms with Gasteiger partial charge in [-0.15, -0.1) is 0 Å². The number of hydrogen-bond acceptors (Lipinski definition) is 5. The second-order valence-corrected chi connectivity index (χ2v) is 4.77. The molecular formula is C16H28N2O3. The zero-order valence-corrected chi connectivity index (χ0v) is 13.0. The quantitative estimate of drug-likeness (QED) is 0.543. The van der Waals surface area contributed by atoms with Crippen LogP contribution in [0.5, 0.6) is 0 Å². The van der Waals surface area contributed by atoms with Crippen LogP contribution < -0.4 is 11.1 Å². The largest absolute Gasteiger partial charge is 0.385 e. The van der Waals surface area contributed by atoms with E-state index in [0.717, 1.165) is 25.3 Å². The summed E-state index contributed by atoms with van der Waals surface area (Å²) in [6, 6.07) is 8.40. The van der Waals surface area contributed by atoms with E-state index >= 15 is 0 Å². The van der Waals surface area contributed by atoms with Gasteiger partial charge in [0.15, 0.2) is 0 Å². The Labute approximate surface area is 127 Å². The summed E-state index contributed by atoms with van der Waals surface area (Å²) < 4.78 is 16.0. The van der Waals surface area contributed by atoms with Crippen molar-refractivity contribution in [3.8, 4) is 0 Å². The third kappa shape index (κ3) is 10.3. The highest BCUT2D eigenvalue weighted by Gasteiger charge is 1.93. The lowest BCUT2D eigenvalue weighted by molar-refractivity contribution is 0.0159. The lowest BCUT2D eigenvalue weighted by atomic mass is 10.2. The highest BCUT2D eigenvalue weighted by atomic mass is 16.5. The van der Waals surface area contributed by atoms with Gasteiger partial charge in [0, 0.05) is 25.4 Å². The SMILES string of the molecule is Cc1ccc(NCCCOCCOCCOCCN)cc1. The molecule has 0 unspecified atom stereocenters. The second kappa shape index (κ2) is 12.6. The van der Waals surface area contributed by atoms with Crippen molar-refractivity contribution >= 4 is 5.69 Å². The van der Waals surface area contributed by atoms with Gasteiger partial charge in [-0.1, -0.05) is 17.7 Å². The van der Waals surface area contributed by atoms with Gasteiger partial charge in [-0.3, -0.25) is 0 Å². The molecule has 0 heterocycles. The molecule has 1 aromatic carbocycles. The Morgan fingerprint density at radius 3 is 2.05 bits per heavy atom. The molecule has 0 amide bonds. The predicted molar refractivity (Wildman–Crippen MR) is 85.8 cm³/mol. The predicted octanol–water partition coefficient (Wildman–Crippen LogP) is 1.81. The van der Waals surface area contributed by atoms with Crippen molar-refractivity contribution in [2.75, 3.05) is 58.0 Å². The average Bonchev–Trinajstić information content (AvgIpc) is 2.50. The zero-order valence-electron chi connectivity index (χ0n) is 13.0. The molecule has 3 N–H and O–H groups in total. The van der Waals surface area contributed by atoms with Crippen LogP contribution >= 0.6 is 0 Å². The fraction of sp³-hybridized carbons (Fsp3) is 0.625. The maximum atomic E-state index is 5.49. The van der Waals surface area contributed by atoms with E-state index in [0.29, 0.717) is 39.6 Å². The molecule has 1 rings (SSSR count). The maximum Gasteiger partial charge on any atom is 0.0701 e. The summed E-state index contributed by atoms with van der Waals surface area (Å²) in [5, 5.41) is 3.36. The van der Waals surface area contributed by atoms with Gasteiger partial charge in [0.1, 0.15) is 0 Å². The molecule has 0 aliphatic rings. The molecule has 0 atom stereocenters. The molecule has 0 spiro atoms. The van der Waals surface area contributed by atoms with Crippen molar-refractivity contribution in [3.63, 3.8) is 0 Å². The minimum Gasteiger partial charge on any atom is -0.385 e. The van der Waals surface area contributed by atoms with Gasteiger partial charge < -0.3 is 25.3 Å². The molecule has 21 heavy (non-hydrogen) atoms. The van der Waals surface area contributed by atoms with Gasteiger partial charge >= 0.3 is 0 Å². The standard InChI is InChI=1S/C16H28N2O3/c1-15-3-5-16(6-4-15)18-8-2-9-19-11-13-21-14-12-20-10-7-17/h3-6,18H,2,7-14,17H2,1H3. The fourth-order valence-electron chi connectivity index (χ4n) is 1.70. The molecule has 0 saturated carbocycles. The van der Waals surface area contributed by atoms with Crippen molar-refractivity contribution in [1.82, 2.24) is 0 Å². The monoisotopic (exact) mass is 296 g/mol. The van der Waals surface area contributed by atoms with Crippen LogP contribution in [-0.2, 0) is 14.2 Å². The highest BCUT2D eigenvalue weighted by Crippen LogP contribution is 2.08. The molecule has 0 bridgehead atoms. The molecule has 5 nitrogen and oxygen atoms in total. The first-order valence-electron chi connectivity index (χ1n) is 7.57. The van der Waals surface area contributed by atoms with Crippen molar-refractivity contribution in [3.05, 3.63) is 29.8 Å². The lowest BCUT2D eigenvalue weighted by Gasteiger charge is -2.08. The number of nitrogens with two attached hydrogens (primary N) is 1. The van der Waals surface area contributed by atoms with E-state index in [1.807, 2.05) is 0 Å². The molecular weight excluding hydrogens is 268 g/mol. The fourth-order valence-corrected chi connectivity index (χ4v) is 1.70. The number of aryl methyl sites for hydroxylation is 1. The van der Waals surface area contributed by atoms with Crippen molar-refractivity contribution in [2.45, 2.75) is 13.3 Å². The molecule has 120 valence electrons. The summed E-state index contributed by atoms with van der Waals surface area (Å²) in [6.07, 6.45) is 0.980. The van der Waals surface area contributed by atoms with Crippen LogP contribution in [0.2, 0.25) is 0 Å². The molecule has 1 aromatic rings. The Balaban J connectivity index is 1.81. The third-order valence-corrected chi connectivity index (χ3v) is 2.85. The molecule has 0 fully saturated rings. The van der Waals surface area contributed by atoms with E-state index in [1.54, 1.807) is 0 Å². The summed E-state index contributed by atoms with van der Waals surface area (Å²) >= 11 is 0. The van der Waals surface area contributed by atoms with E-state index in [2.05, 4.69) is 36.5 Å². The minimum atomic E-state index is 0.555. The van der Waals surface area contributed by atoms with Crippen molar-refractivity contribution in [1.29, 1.82) is 0 Å². The highest BCUT2D eigenvalue weighted by molar-refractivity contribution is 5.44. The summed E-state index contributed by atoms with van der Waals surface area (Å²) in [4.78, 5) is 0. The van der Waals surface area contributed by atoms with E-state index < -0.39 is 0 Å². The van der Waals surface area contributed by atoms with Crippen LogP contribution in [0.1, 0.15) is 12.0 Å². The molecule has 0 aliphatic carbocycles. The number of hydrogen-bond donors (Lipinski definition) is 2. The van der Waals surface area contributed by atoms with Gasteiger partial charge in [0.25, 0.3) is 0 Å². The van der Waals surface area contributed by atoms with Gasteiger partial charge in [-0.25, -0.2) is 0 Å². The van der Waals surface area contributed by atoms with Crippen LogP contribution in [0, 0.1) is 6.92 Å². The molecule has 0 radical (unpaired) electrons. The van der Waals surface area contributed by atoms with E-state index in [9.17, 15) is 0 Å². The molecule has 0 saturated heterocycles. The van der Waals surface area contributed by atoms with Crippen LogP contribution in [-0.4, -0.2) is 52.7 Å². The summed E-state index contributed by atoms with van der Waals surface area (Å²) in [7, 11) is 0. The van der Waals surface area contributed by atoms with Crippen molar-refractivity contribution < 1.29 is 14.2 Å². The number of benzene rings is 1. The van der Waals surface area contributed by atoms with Crippen molar-refractivity contribution in [2.24, 2.45) is 5.73 Å². The Morgan fingerprint density at radius 2 is 1.43 bits per heavy atom. The first-order valence-corrected chi connectivity index (χ1v) is 7.57. The van der Waals surface area contributed by atoms with Gasteiger partial charge in [0.05, 0.1) is 33.0 Å². The van der Waals surface area contributed by atoms with Crippen LogP contribution in [0.25, 0.3) is 0 Å². The normalized spacial score (nSPS) is 10.8. The Morgan fingerprint density at radius 1 is 0.857 bits per heavy atom. The number of anilines is 1. The smallest absolute Gasteiger partial charge is 0.0701 e. The van der Waals surface area contributed by atoms with Crippen LogP contribution in [0.3, 0.4) is 0 Å². The second-order valence-electron chi connectivity index (χ2n) is 4.77. The number of ether oxygens (including phenoxy) is 3. The first kappa shape index (κ1) is 17.9. The molecule has 0 aromatic heterocycles. The third-order valence-electron chi connectivity index (χ3n) is 2.85. The molecule has 0 aliphatic heterocycles. The van der Waals surface area contributed by atoms with Gasteiger partial charge in [0.2, 0.25) is 0 Å². The van der Waals surface area contributed by atoms with Crippen LogP contribution in [0.4, 0.5) is 5.69 Å². The summed E-state index contributed by atoms with van der Waals surface area (Å²) in [5.41, 5.74) is 7.73. The maximum absolute atomic E-state index is 5.49. The van der Waals surface area contributed by atoms with E-state index in [4.69, 9.17) is 19.9 Å². The minimum absolute atomic E-state index is 0.555. The van der Waals surface area contributed by atoms with Gasteiger partial charge in [-0.2, -0.15) is 0 Å². The number of nitrogens with one attached hydrogen (secondary N) is 1. The lowest BCUT2D eigenvalue weighted by Crippen LogP contribution is -2.14. The summed E-state index contributed by atoms with van der Waals surface area (Å²) in [5.74, 6) is 0.